The van der Waals surface area contributed by atoms with E-state index in [9.17, 15) is 0 Å². The van der Waals surface area contributed by atoms with Gasteiger partial charge in [0.25, 0.3) is 0 Å². The lowest BCUT2D eigenvalue weighted by Crippen LogP contribution is -2.39. The molecule has 9 aromatic carbocycles. The van der Waals surface area contributed by atoms with E-state index in [1.165, 1.54) is 109 Å². The van der Waals surface area contributed by atoms with Gasteiger partial charge in [-0.3, -0.25) is 0 Å². The van der Waals surface area contributed by atoms with Crippen LogP contribution in [0.5, 0.6) is 0 Å². The maximum absolute atomic E-state index is 2.45. The van der Waals surface area contributed by atoms with Crippen LogP contribution in [-0.2, 0) is 36.5 Å². The molecule has 0 aromatic heterocycles. The molecular weight excluding hydrogens is 961 g/mol. The number of fused-ring (bicyclic) bond motifs is 8. The molecule has 0 amide bonds. The summed E-state index contributed by atoms with van der Waals surface area (Å²) in [6, 6.07) is 76.5. The van der Waals surface area contributed by atoms with Crippen LogP contribution in [0.25, 0.3) is 21.5 Å². The summed E-state index contributed by atoms with van der Waals surface area (Å²) in [6.45, 7) is 0. The predicted octanol–water partition coefficient (Wildman–Crippen LogP) is 16.2. The van der Waals surface area contributed by atoms with Gasteiger partial charge >= 0.3 is 0 Å². The maximum Gasteiger partial charge on any atom is 0.209 e. The minimum Gasteiger partial charge on any atom is -0.338 e. The Morgan fingerprint density at radius 2 is 0.750 bits per heavy atom. The van der Waals surface area contributed by atoms with Crippen molar-refractivity contribution in [1.82, 2.24) is 0 Å². The molecule has 2 atom stereocenters. The normalized spacial score (nSPS) is 19.8. The second-order valence-electron chi connectivity index (χ2n) is 20.9. The lowest BCUT2D eigenvalue weighted by molar-refractivity contribution is -0.401. The number of nitrogens with zero attached hydrogens (tertiary/aromatic N) is 4. The lowest BCUT2D eigenvalue weighted by atomic mass is 9.68. The average Bonchev–Trinajstić information content (AvgIpc) is 4.12. The first-order valence-electron chi connectivity index (χ1n) is 26.5. The highest BCUT2D eigenvalue weighted by atomic mass is 32.2. The first-order valence-corrected chi connectivity index (χ1v) is 28.1. The third-order valence-electron chi connectivity index (χ3n) is 16.5. The highest BCUT2D eigenvalue weighted by Gasteiger charge is 2.52. The fraction of sp³-hybridized carbons (Fsp3) is 0.143. The van der Waals surface area contributed by atoms with E-state index in [0.29, 0.717) is 0 Å². The summed E-state index contributed by atoms with van der Waals surface area (Å²) in [6.07, 6.45) is 17.4. The van der Waals surface area contributed by atoms with Gasteiger partial charge < -0.3 is 9.80 Å². The fourth-order valence-electron chi connectivity index (χ4n) is 12.8. The molecule has 0 saturated heterocycles. The molecule has 2 unspecified atom stereocenters. The molecule has 370 valence electrons. The molecule has 4 aliphatic rings. The molecule has 76 heavy (non-hydrogen) atoms. The van der Waals surface area contributed by atoms with Crippen molar-refractivity contribution in [2.24, 2.45) is 0 Å². The number of rotatable bonds is 12. The summed E-state index contributed by atoms with van der Waals surface area (Å²) in [5.41, 5.74) is 15.1. The largest absolute Gasteiger partial charge is 0.338 e. The molecular formula is C70H60N4S2+2. The first kappa shape index (κ1) is 47.8. The van der Waals surface area contributed by atoms with Gasteiger partial charge in [-0.1, -0.05) is 218 Å². The molecule has 13 rings (SSSR count). The average molecular weight is 1020 g/mol. The van der Waals surface area contributed by atoms with Crippen LogP contribution in [0.2, 0.25) is 0 Å². The van der Waals surface area contributed by atoms with E-state index in [4.69, 9.17) is 0 Å². The maximum atomic E-state index is 2.45. The highest BCUT2D eigenvalue weighted by molar-refractivity contribution is 8.04. The zero-order valence-electron chi connectivity index (χ0n) is 43.5. The van der Waals surface area contributed by atoms with E-state index >= 15 is 0 Å². The minimum absolute atomic E-state index is 0.320. The summed E-state index contributed by atoms with van der Waals surface area (Å²) < 4.78 is 4.89. The number of hydrogen-bond donors (Lipinski definition) is 0. The zero-order valence-corrected chi connectivity index (χ0v) is 45.2. The van der Waals surface area contributed by atoms with Crippen molar-refractivity contribution < 1.29 is 9.15 Å². The van der Waals surface area contributed by atoms with Crippen molar-refractivity contribution in [3.8, 4) is 0 Å². The Hall–Kier alpha value is -7.90. The third-order valence-corrected chi connectivity index (χ3v) is 19.0. The molecule has 4 aliphatic heterocycles. The number of hydrogen-bond acceptors (Lipinski definition) is 4. The first-order chi connectivity index (χ1) is 37.3. The van der Waals surface area contributed by atoms with Gasteiger partial charge in [0, 0.05) is 59.3 Å². The van der Waals surface area contributed by atoms with Gasteiger partial charge in [-0.2, -0.15) is 9.15 Å². The number of allylic oxidation sites excluding steroid dienone is 6. The van der Waals surface area contributed by atoms with Crippen LogP contribution in [0.1, 0.15) is 33.4 Å². The van der Waals surface area contributed by atoms with Crippen LogP contribution in [-0.4, -0.2) is 48.8 Å². The van der Waals surface area contributed by atoms with Crippen LogP contribution in [0.4, 0.5) is 22.7 Å². The Morgan fingerprint density at radius 1 is 0.395 bits per heavy atom. The van der Waals surface area contributed by atoms with Crippen molar-refractivity contribution in [2.75, 3.05) is 38.0 Å². The summed E-state index contributed by atoms with van der Waals surface area (Å²) >= 11 is 3.73. The van der Waals surface area contributed by atoms with E-state index < -0.39 is 0 Å². The lowest BCUT2D eigenvalue weighted by Gasteiger charge is -2.29. The van der Waals surface area contributed by atoms with Crippen molar-refractivity contribution in [2.45, 2.75) is 46.3 Å². The summed E-state index contributed by atoms with van der Waals surface area (Å²) in [7, 11) is 8.90. The molecule has 0 saturated carbocycles. The predicted molar refractivity (Wildman–Crippen MR) is 323 cm³/mol. The van der Waals surface area contributed by atoms with Crippen molar-refractivity contribution in [3.63, 3.8) is 0 Å². The number of para-hydroxylation sites is 2. The molecule has 0 spiro atoms. The van der Waals surface area contributed by atoms with Crippen molar-refractivity contribution in [3.05, 3.63) is 286 Å². The zero-order chi connectivity index (χ0) is 51.4. The smallest absolute Gasteiger partial charge is 0.209 e. The monoisotopic (exact) mass is 1020 g/mol. The Labute approximate surface area is 456 Å². The molecule has 0 bridgehead atoms. The Morgan fingerprint density at radius 3 is 1.17 bits per heavy atom. The SMILES string of the molecule is CN1/C(=C/C=C/C2=[N+](C)c3ccccc3C2(Cc2ccccc2)Cc2ccc(CC3(Cc4ccccc4)C(/C=C/C=C4\Sc5c(ccc6ccccc56)N4C)=[N+](C)c4ccccc43)cc2)Sc2c1ccc1ccccc21. The van der Waals surface area contributed by atoms with E-state index in [1.54, 1.807) is 0 Å². The molecule has 6 heteroatoms. The topological polar surface area (TPSA) is 12.5 Å². The van der Waals surface area contributed by atoms with E-state index in [-0.39, 0.29) is 10.8 Å². The number of thioether (sulfide) groups is 2. The van der Waals surface area contributed by atoms with Gasteiger partial charge in [-0.05, 0) is 93.8 Å². The molecule has 4 nitrogen and oxygen atoms in total. The molecule has 0 aliphatic carbocycles. The Balaban J connectivity index is 0.851. The molecule has 4 heterocycles. The molecule has 0 N–H and O–H groups in total. The summed E-state index contributed by atoms with van der Waals surface area (Å²) in [4.78, 5) is 7.32. The third kappa shape index (κ3) is 8.27. The van der Waals surface area contributed by atoms with E-state index in [0.717, 1.165) is 25.7 Å². The van der Waals surface area contributed by atoms with Gasteiger partial charge in [-0.15, -0.1) is 0 Å². The van der Waals surface area contributed by atoms with Gasteiger partial charge in [0.2, 0.25) is 11.4 Å². The van der Waals surface area contributed by atoms with Gasteiger partial charge in [0.15, 0.2) is 11.4 Å². The van der Waals surface area contributed by atoms with Gasteiger partial charge in [-0.25, -0.2) is 0 Å². The highest BCUT2D eigenvalue weighted by Crippen LogP contribution is 2.51. The van der Waals surface area contributed by atoms with E-state index in [1.807, 2.05) is 23.5 Å². The second kappa shape index (κ2) is 19.7. The van der Waals surface area contributed by atoms with Crippen LogP contribution >= 0.6 is 23.5 Å². The number of anilines is 2. The van der Waals surface area contributed by atoms with Crippen LogP contribution in [0.3, 0.4) is 0 Å². The second-order valence-corrected chi connectivity index (χ2v) is 23.0. The van der Waals surface area contributed by atoms with Crippen LogP contribution in [0.15, 0.2) is 263 Å². The van der Waals surface area contributed by atoms with Crippen molar-refractivity contribution >= 4 is 79.2 Å². The number of benzene rings is 9. The summed E-state index contributed by atoms with van der Waals surface area (Å²) in [5.74, 6) is 0. The fourth-order valence-corrected chi connectivity index (χ4v) is 15.2. The molecule has 9 aromatic rings. The summed E-state index contributed by atoms with van der Waals surface area (Å²) in [5, 5.41) is 7.61. The Bertz CT molecular complexity index is 3680. The van der Waals surface area contributed by atoms with Crippen molar-refractivity contribution in [1.29, 1.82) is 0 Å². The van der Waals surface area contributed by atoms with Crippen LogP contribution < -0.4 is 9.80 Å². The van der Waals surface area contributed by atoms with Gasteiger partial charge in [0.1, 0.15) is 14.1 Å². The minimum atomic E-state index is -0.320. The molecule has 0 fully saturated rings. The standard InChI is InChI=1S/C70H60N4S2/c1-71-59-31-17-15-29-57(59)69(45-49-21-7-5-8-22-49,63(71)33-19-35-65-73(3)61-43-41-53-25-11-13-27-55(53)67(61)75-65)47-51-37-39-52(40-38-51)48-70(46-50-23-9-6-10-24-50)58-30-16-18-32-60(58)72(2)64(70)34-20-36-66-74(4)62-44-42-54-26-12-14-28-56(54)68(62)76-66/h5-44H,45-48H2,1-4H3/q+2. The Kier molecular flexibility index (Phi) is 12.4. The molecule has 0 radical (unpaired) electrons. The van der Waals surface area contributed by atoms with Gasteiger partial charge in [0.05, 0.1) is 32.3 Å². The van der Waals surface area contributed by atoms with Crippen LogP contribution in [0, 0.1) is 0 Å². The van der Waals surface area contributed by atoms with E-state index in [2.05, 4.69) is 290 Å². The quantitative estimate of drug-likeness (QED) is 0.113.